The second-order valence-corrected chi connectivity index (χ2v) is 9.06. The normalized spacial score (nSPS) is 50.0. The zero-order valence-electron chi connectivity index (χ0n) is 5.83. The molecule has 0 saturated carbocycles. The number of aliphatic hydroxyl groups is 2. The van der Waals surface area contributed by atoms with Gasteiger partial charge in [0.2, 0.25) is 0 Å². The van der Waals surface area contributed by atoms with Crippen molar-refractivity contribution in [1.29, 1.82) is 0 Å². The number of rotatable bonds is 1. The second-order valence-electron chi connectivity index (χ2n) is 2.26. The number of cyclic esters (lactones) is 1. The maximum absolute atomic E-state index is 13.2. The van der Waals surface area contributed by atoms with Crippen molar-refractivity contribution < 1.29 is 41.6 Å². The molecule has 1 saturated heterocycles. The van der Waals surface area contributed by atoms with Crippen molar-refractivity contribution in [1.82, 2.24) is 0 Å². The van der Waals surface area contributed by atoms with Crippen LogP contribution in [0.15, 0.2) is 0 Å². The first-order valence-electron chi connectivity index (χ1n) is 2.89. The number of hydrogen-bond donors (Lipinski definition) is 2. The van der Waals surface area contributed by atoms with Crippen LogP contribution >= 0.6 is 0 Å². The fourth-order valence-corrected chi connectivity index (χ4v) is 3.97. The monoisotopic (exact) mass is 279 g/mol. The van der Waals surface area contributed by atoms with Gasteiger partial charge in [-0.1, -0.05) is 0 Å². The molecule has 1 rings (SSSR count). The summed E-state index contributed by atoms with van der Waals surface area (Å²) >= 11 is -4.22. The van der Waals surface area contributed by atoms with Crippen LogP contribution in [0.25, 0.3) is 0 Å². The van der Waals surface area contributed by atoms with Crippen molar-refractivity contribution in [2.45, 2.75) is 10.2 Å². The number of hydrogen-bond acceptors (Lipinski definition) is 4. The van der Waals surface area contributed by atoms with E-state index in [0.717, 1.165) is 4.93 Å². The molecule has 3 atom stereocenters. The van der Waals surface area contributed by atoms with Crippen molar-refractivity contribution in [2.75, 3.05) is 11.5 Å². The van der Waals surface area contributed by atoms with Gasteiger partial charge in [-0.3, -0.25) is 0 Å². The number of ether oxygens (including phenoxy) is 1. The first kappa shape index (κ1) is 9.14. The van der Waals surface area contributed by atoms with E-state index in [-0.39, 0.29) is 0 Å². The van der Waals surface area contributed by atoms with Gasteiger partial charge in [0.25, 0.3) is 0 Å². The zero-order chi connectivity index (χ0) is 8.65. The molecule has 1 fully saturated rings. The summed E-state index contributed by atoms with van der Waals surface area (Å²) in [5.41, 5.74) is 0. The molecule has 0 bridgehead atoms. The minimum atomic E-state index is -4.22. The molecule has 0 amide bonds. The van der Waals surface area contributed by atoms with Crippen LogP contribution in [0, 0.1) is 0 Å². The van der Waals surface area contributed by atoms with E-state index in [1.807, 2.05) is 0 Å². The summed E-state index contributed by atoms with van der Waals surface area (Å²) in [5, 5.41) is 17.6. The SMILES string of the molecule is C[I-]1(F)C(=O)OC(CO)C1O. The molecular weight excluding hydrogens is 270 g/mol. The van der Waals surface area contributed by atoms with E-state index in [1.165, 1.54) is 0 Å². The molecule has 0 aliphatic carbocycles. The minimum absolute atomic E-state index is 0.518. The average molecular weight is 279 g/mol. The van der Waals surface area contributed by atoms with Crippen LogP contribution in [0.5, 0.6) is 0 Å². The molecule has 3 unspecified atom stereocenters. The molecule has 1 heterocycles. The predicted molar refractivity (Wildman–Crippen MR) is 30.4 cm³/mol. The van der Waals surface area contributed by atoms with Gasteiger partial charge in [-0.15, -0.1) is 0 Å². The average Bonchev–Trinajstić information content (AvgIpc) is 2.14. The van der Waals surface area contributed by atoms with Crippen LogP contribution in [0.1, 0.15) is 0 Å². The summed E-state index contributed by atoms with van der Waals surface area (Å²) in [5.74, 6) is 0. The molecule has 2 N–H and O–H groups in total. The molecule has 0 aromatic carbocycles. The summed E-state index contributed by atoms with van der Waals surface area (Å²) in [7, 11) is 0. The predicted octanol–water partition coefficient (Wildman–Crippen LogP) is -3.51. The molecule has 0 spiro atoms. The number of aliphatic hydroxyl groups excluding tert-OH is 2. The van der Waals surface area contributed by atoms with Gasteiger partial charge in [0, 0.05) is 0 Å². The second kappa shape index (κ2) is 2.83. The Morgan fingerprint density at radius 1 is 1.82 bits per heavy atom. The molecule has 11 heavy (non-hydrogen) atoms. The van der Waals surface area contributed by atoms with E-state index >= 15 is 0 Å². The third-order valence-electron chi connectivity index (χ3n) is 1.45. The van der Waals surface area contributed by atoms with Crippen LogP contribution in [-0.4, -0.2) is 35.9 Å². The van der Waals surface area contributed by atoms with Crippen LogP contribution in [0.2, 0.25) is 0 Å². The molecule has 6 heteroatoms. The van der Waals surface area contributed by atoms with Gasteiger partial charge in [0.15, 0.2) is 0 Å². The summed E-state index contributed by atoms with van der Waals surface area (Å²) in [4.78, 5) is 11.8. The number of carbonyl (C=O) groups is 1. The van der Waals surface area contributed by atoms with Gasteiger partial charge in [0.05, 0.1) is 0 Å². The van der Waals surface area contributed by atoms with Crippen molar-refractivity contribution in [2.24, 2.45) is 0 Å². The Hall–Kier alpha value is 0.0500. The Bertz CT molecular complexity index is 183. The molecule has 1 aliphatic heterocycles. The molecule has 0 radical (unpaired) electrons. The van der Waals surface area contributed by atoms with Gasteiger partial charge >= 0.3 is 67.3 Å². The van der Waals surface area contributed by atoms with E-state index in [1.54, 1.807) is 0 Å². The third-order valence-corrected chi connectivity index (χ3v) is 6.63. The van der Waals surface area contributed by atoms with E-state index < -0.39 is 39.8 Å². The topological polar surface area (TPSA) is 66.8 Å². The molecule has 4 nitrogen and oxygen atoms in total. The first-order valence-corrected chi connectivity index (χ1v) is 8.19. The quantitative estimate of drug-likeness (QED) is 0.297. The molecule has 0 aromatic heterocycles. The van der Waals surface area contributed by atoms with Gasteiger partial charge in [-0.05, 0) is 0 Å². The number of alkyl halides is 2. The van der Waals surface area contributed by atoms with Crippen molar-refractivity contribution >= 4 is 3.98 Å². The summed E-state index contributed by atoms with van der Waals surface area (Å²) in [6.07, 6.45) is -1.05. The molecule has 1 aliphatic rings. The molecule has 68 valence electrons. The third kappa shape index (κ3) is 1.34. The fourth-order valence-electron chi connectivity index (χ4n) is 0.742. The van der Waals surface area contributed by atoms with Gasteiger partial charge in [-0.2, -0.15) is 0 Å². The fraction of sp³-hybridized carbons (Fsp3) is 0.800. The summed E-state index contributed by atoms with van der Waals surface area (Å²) in [6.45, 7) is -0.518. The van der Waals surface area contributed by atoms with Crippen LogP contribution in [-0.2, 0) is 4.74 Å². The van der Waals surface area contributed by atoms with Crippen LogP contribution < -0.4 is 19.0 Å². The Morgan fingerprint density at radius 2 is 2.36 bits per heavy atom. The van der Waals surface area contributed by atoms with E-state index in [9.17, 15) is 7.65 Å². The van der Waals surface area contributed by atoms with Crippen molar-refractivity contribution in [3.8, 4) is 0 Å². The van der Waals surface area contributed by atoms with Gasteiger partial charge in [0.1, 0.15) is 0 Å². The Kier molecular flexibility index (Phi) is 2.35. The Morgan fingerprint density at radius 3 is 2.55 bits per heavy atom. The first-order chi connectivity index (χ1) is 5.00. The summed E-state index contributed by atoms with van der Waals surface area (Å²) in [6, 6.07) is 0. The zero-order valence-corrected chi connectivity index (χ0v) is 7.99. The van der Waals surface area contributed by atoms with Crippen molar-refractivity contribution in [3.05, 3.63) is 0 Å². The Balaban J connectivity index is 2.80. The van der Waals surface area contributed by atoms with E-state index in [2.05, 4.69) is 4.74 Å². The van der Waals surface area contributed by atoms with E-state index in [4.69, 9.17) is 10.2 Å². The van der Waals surface area contributed by atoms with Gasteiger partial charge in [-0.25, -0.2) is 0 Å². The number of carbonyl (C=O) groups excluding carboxylic acids is 1. The van der Waals surface area contributed by atoms with Gasteiger partial charge < -0.3 is 0 Å². The molecule has 0 aromatic rings. The maximum atomic E-state index is 13.2. The standard InChI is InChI=1S/C5H9FIO4/c1-7(6)4(9)3(2-8)11-5(7)10/h3-4,8-9H,2H2,1H3/q-1. The number of halogens is 2. The van der Waals surface area contributed by atoms with Crippen molar-refractivity contribution in [3.63, 3.8) is 0 Å². The van der Waals surface area contributed by atoms with Crippen LogP contribution in [0.3, 0.4) is 0 Å². The Labute approximate surface area is 67.6 Å². The summed E-state index contributed by atoms with van der Waals surface area (Å²) < 4.78 is 15.3. The molecular formula is C5H9FIO4-. The van der Waals surface area contributed by atoms with Crippen LogP contribution in [0.4, 0.5) is 7.65 Å². The van der Waals surface area contributed by atoms with E-state index in [0.29, 0.717) is 0 Å².